The lowest BCUT2D eigenvalue weighted by Crippen LogP contribution is -2.25. The maximum Gasteiger partial charge on any atom is 0.267 e. The number of nitrogens with zero attached hydrogens (tertiary/aromatic N) is 2. The molecule has 5 nitrogen and oxygen atoms in total. The molecule has 1 aromatic heterocycles. The summed E-state index contributed by atoms with van der Waals surface area (Å²) in [6.45, 7) is 0. The molecule has 0 fully saturated rings. The fraction of sp³-hybridized carbons (Fsp3) is 0.0526. The number of methoxy groups -OCH3 is 1. The highest BCUT2D eigenvalue weighted by molar-refractivity contribution is 6.13. The molecule has 3 aromatic rings. The zero-order chi connectivity index (χ0) is 16.5. The molecule has 0 spiro atoms. The highest BCUT2D eigenvalue weighted by Crippen LogP contribution is 2.40. The lowest BCUT2D eigenvalue weighted by Gasteiger charge is -2.21. The number of amides is 1. The maximum absolute atomic E-state index is 13.1. The number of aromatic nitrogens is 1. The fourth-order valence-corrected chi connectivity index (χ4v) is 2.67. The van der Waals surface area contributed by atoms with Crippen LogP contribution in [0.25, 0.3) is 0 Å². The van der Waals surface area contributed by atoms with Gasteiger partial charge in [-0.2, -0.15) is 0 Å². The van der Waals surface area contributed by atoms with Crippen LogP contribution in [0, 0.1) is 0 Å². The Morgan fingerprint density at radius 2 is 1.71 bits per heavy atom. The molecule has 0 aliphatic carbocycles. The molecule has 2 heterocycles. The van der Waals surface area contributed by atoms with Crippen molar-refractivity contribution in [1.29, 1.82) is 0 Å². The first kappa shape index (κ1) is 14.3. The van der Waals surface area contributed by atoms with Crippen LogP contribution >= 0.6 is 0 Å². The van der Waals surface area contributed by atoms with Gasteiger partial charge in [0.1, 0.15) is 11.5 Å². The van der Waals surface area contributed by atoms with Gasteiger partial charge in [0.05, 0.1) is 18.4 Å². The average molecular weight is 318 g/mol. The number of hydrogen-bond donors (Lipinski definition) is 0. The van der Waals surface area contributed by atoms with E-state index in [0.717, 1.165) is 5.75 Å². The van der Waals surface area contributed by atoms with Gasteiger partial charge in [-0.3, -0.25) is 9.69 Å². The number of hydrogen-bond acceptors (Lipinski definition) is 4. The van der Waals surface area contributed by atoms with Crippen molar-refractivity contribution < 1.29 is 14.3 Å². The van der Waals surface area contributed by atoms with Crippen LogP contribution < -0.4 is 14.4 Å². The van der Waals surface area contributed by atoms with Gasteiger partial charge in [-0.1, -0.05) is 12.1 Å². The first-order valence-corrected chi connectivity index (χ1v) is 7.48. The summed E-state index contributed by atoms with van der Waals surface area (Å²) in [4.78, 5) is 19.0. The van der Waals surface area contributed by atoms with E-state index in [1.54, 1.807) is 42.5 Å². The summed E-state index contributed by atoms with van der Waals surface area (Å²) in [6.07, 6.45) is 1.64. The van der Waals surface area contributed by atoms with Gasteiger partial charge < -0.3 is 9.47 Å². The van der Waals surface area contributed by atoms with E-state index in [9.17, 15) is 4.79 Å². The summed E-state index contributed by atoms with van der Waals surface area (Å²) >= 11 is 0. The van der Waals surface area contributed by atoms with Crippen molar-refractivity contribution in [3.8, 4) is 17.2 Å². The molecule has 1 amide bonds. The second kappa shape index (κ2) is 5.70. The van der Waals surface area contributed by atoms with Gasteiger partial charge in [0, 0.05) is 6.20 Å². The molecule has 0 saturated carbocycles. The highest BCUT2D eigenvalue weighted by Gasteiger charge is 2.30. The fourth-order valence-electron chi connectivity index (χ4n) is 2.67. The Balaban J connectivity index is 1.91. The van der Waals surface area contributed by atoms with Gasteiger partial charge in [0.2, 0.25) is 0 Å². The number of ether oxygens (including phenoxy) is 2. The number of fused-ring (bicyclic) bond motifs is 2. The third-order valence-electron chi connectivity index (χ3n) is 3.83. The van der Waals surface area contributed by atoms with Gasteiger partial charge in [-0.15, -0.1) is 0 Å². The summed E-state index contributed by atoms with van der Waals surface area (Å²) in [5, 5.41) is 0. The quantitative estimate of drug-likeness (QED) is 0.711. The van der Waals surface area contributed by atoms with Crippen LogP contribution in [-0.2, 0) is 0 Å². The number of para-hydroxylation sites is 1. The third kappa shape index (κ3) is 2.27. The number of carbonyl (C=O) groups excluding carboxylic acids is 1. The van der Waals surface area contributed by atoms with Crippen LogP contribution in [0.15, 0.2) is 66.9 Å². The number of rotatable bonds is 2. The van der Waals surface area contributed by atoms with Gasteiger partial charge in [0.15, 0.2) is 11.6 Å². The van der Waals surface area contributed by atoms with Gasteiger partial charge in [-0.25, -0.2) is 4.98 Å². The van der Waals surface area contributed by atoms with E-state index in [1.807, 2.05) is 36.4 Å². The second-order valence-electron chi connectivity index (χ2n) is 5.26. The Morgan fingerprint density at radius 1 is 0.958 bits per heavy atom. The van der Waals surface area contributed by atoms with E-state index >= 15 is 0 Å². The van der Waals surface area contributed by atoms with Crippen LogP contribution in [-0.4, -0.2) is 18.0 Å². The number of carbonyl (C=O) groups is 1. The van der Waals surface area contributed by atoms with Gasteiger partial charge in [0.25, 0.3) is 5.91 Å². The lowest BCUT2D eigenvalue weighted by atomic mass is 10.1. The molecule has 2 aromatic carbocycles. The van der Waals surface area contributed by atoms with Crippen molar-refractivity contribution in [2.75, 3.05) is 12.0 Å². The molecule has 0 bridgehead atoms. The second-order valence-corrected chi connectivity index (χ2v) is 5.26. The number of benzene rings is 2. The number of pyridine rings is 1. The molecule has 5 heteroatoms. The lowest BCUT2D eigenvalue weighted by molar-refractivity contribution is 0.0998. The molecule has 0 N–H and O–H groups in total. The Kier molecular flexibility index (Phi) is 3.39. The normalized spacial score (nSPS) is 12.7. The molecular weight excluding hydrogens is 304 g/mol. The first-order valence-electron chi connectivity index (χ1n) is 7.48. The summed E-state index contributed by atoms with van der Waals surface area (Å²) < 4.78 is 11.1. The van der Waals surface area contributed by atoms with E-state index in [2.05, 4.69) is 4.98 Å². The van der Waals surface area contributed by atoms with Crippen molar-refractivity contribution in [3.05, 3.63) is 72.4 Å². The van der Waals surface area contributed by atoms with E-state index in [-0.39, 0.29) is 5.91 Å². The molecule has 0 saturated heterocycles. The maximum atomic E-state index is 13.1. The molecule has 24 heavy (non-hydrogen) atoms. The monoisotopic (exact) mass is 318 g/mol. The zero-order valence-electron chi connectivity index (χ0n) is 13.0. The summed E-state index contributed by atoms with van der Waals surface area (Å²) in [6, 6.07) is 18.0. The van der Waals surface area contributed by atoms with Crippen LogP contribution in [0.1, 0.15) is 10.4 Å². The van der Waals surface area contributed by atoms with Crippen LogP contribution in [0.2, 0.25) is 0 Å². The smallest absolute Gasteiger partial charge is 0.267 e. The Labute approximate surface area is 139 Å². The van der Waals surface area contributed by atoms with Crippen LogP contribution in [0.3, 0.4) is 0 Å². The van der Waals surface area contributed by atoms with Crippen LogP contribution in [0.4, 0.5) is 11.5 Å². The van der Waals surface area contributed by atoms with E-state index in [4.69, 9.17) is 9.47 Å². The standard InChI is InChI=1S/C19H14N2O3/c1-23-14-10-8-13(9-11-14)21-18-17(7-4-12-20-18)24-16-6-3-2-5-15(16)19(21)22/h2-12H,1H3. The first-order chi connectivity index (χ1) is 11.8. The zero-order valence-corrected chi connectivity index (χ0v) is 13.0. The molecule has 0 radical (unpaired) electrons. The molecule has 118 valence electrons. The Morgan fingerprint density at radius 3 is 2.50 bits per heavy atom. The molecule has 0 unspecified atom stereocenters. The van der Waals surface area contributed by atoms with E-state index in [1.165, 1.54) is 0 Å². The third-order valence-corrected chi connectivity index (χ3v) is 3.83. The summed E-state index contributed by atoms with van der Waals surface area (Å²) in [7, 11) is 1.60. The SMILES string of the molecule is COc1ccc(N2C(=O)c3ccccc3Oc3cccnc32)cc1. The number of anilines is 2. The minimum absolute atomic E-state index is 0.187. The largest absolute Gasteiger partial charge is 0.497 e. The van der Waals surface area contributed by atoms with E-state index < -0.39 is 0 Å². The molecule has 4 rings (SSSR count). The Bertz CT molecular complexity index is 906. The summed E-state index contributed by atoms with van der Waals surface area (Å²) in [5.41, 5.74) is 1.19. The van der Waals surface area contributed by atoms with E-state index in [0.29, 0.717) is 28.6 Å². The molecule has 1 aliphatic rings. The summed E-state index contributed by atoms with van der Waals surface area (Å²) in [5.74, 6) is 2.05. The molecule has 1 aliphatic heterocycles. The van der Waals surface area contributed by atoms with Crippen molar-refractivity contribution >= 4 is 17.4 Å². The topological polar surface area (TPSA) is 51.7 Å². The van der Waals surface area contributed by atoms with Crippen molar-refractivity contribution in [3.63, 3.8) is 0 Å². The Hall–Kier alpha value is -3.34. The van der Waals surface area contributed by atoms with Crippen molar-refractivity contribution in [2.24, 2.45) is 0 Å². The predicted octanol–water partition coefficient (Wildman–Crippen LogP) is 4.17. The van der Waals surface area contributed by atoms with Crippen molar-refractivity contribution in [2.45, 2.75) is 0 Å². The van der Waals surface area contributed by atoms with Crippen LogP contribution in [0.5, 0.6) is 17.2 Å². The van der Waals surface area contributed by atoms with Gasteiger partial charge in [-0.05, 0) is 48.5 Å². The predicted molar refractivity (Wildman–Crippen MR) is 90.2 cm³/mol. The average Bonchev–Trinajstić information content (AvgIpc) is 2.76. The van der Waals surface area contributed by atoms with Crippen molar-refractivity contribution in [1.82, 2.24) is 4.98 Å². The molecule has 0 atom stereocenters. The minimum atomic E-state index is -0.187. The highest BCUT2D eigenvalue weighted by atomic mass is 16.5. The molecular formula is C19H14N2O3. The van der Waals surface area contributed by atoms with Gasteiger partial charge >= 0.3 is 0 Å². The minimum Gasteiger partial charge on any atom is -0.497 e.